The summed E-state index contributed by atoms with van der Waals surface area (Å²) in [5, 5.41) is 14.2. The van der Waals surface area contributed by atoms with Crippen molar-refractivity contribution in [3.05, 3.63) is 58.5 Å². The van der Waals surface area contributed by atoms with E-state index in [-0.39, 0.29) is 0 Å². The predicted octanol–water partition coefficient (Wildman–Crippen LogP) is 2.75. The molecular formula is C15H17N5S. The van der Waals surface area contributed by atoms with Crippen LogP contribution in [0.5, 0.6) is 0 Å². The van der Waals surface area contributed by atoms with Gasteiger partial charge in [0.1, 0.15) is 0 Å². The number of hydrogen-bond acceptors (Lipinski definition) is 5. The van der Waals surface area contributed by atoms with E-state index in [9.17, 15) is 0 Å². The molecule has 0 saturated heterocycles. The van der Waals surface area contributed by atoms with E-state index in [4.69, 9.17) is 0 Å². The average molecular weight is 299 g/mol. The Labute approximate surface area is 127 Å². The Kier molecular flexibility index (Phi) is 4.37. The molecule has 0 aliphatic heterocycles. The Morgan fingerprint density at radius 1 is 1.10 bits per heavy atom. The number of tetrazole rings is 1. The van der Waals surface area contributed by atoms with E-state index < -0.39 is 0 Å². The van der Waals surface area contributed by atoms with Gasteiger partial charge in [-0.05, 0) is 40.6 Å². The Morgan fingerprint density at radius 2 is 1.95 bits per heavy atom. The minimum absolute atomic E-state index is 0.732. The summed E-state index contributed by atoms with van der Waals surface area (Å²) in [6.45, 7) is 4.77. The SMILES string of the molecule is CCN(Cc1cccs1)Cc1nnnn1-c1ccccc1. The molecular weight excluding hydrogens is 282 g/mol. The van der Waals surface area contributed by atoms with Crippen molar-refractivity contribution in [1.29, 1.82) is 0 Å². The lowest BCUT2D eigenvalue weighted by Gasteiger charge is -2.18. The van der Waals surface area contributed by atoms with Crippen molar-refractivity contribution in [1.82, 2.24) is 25.1 Å². The third kappa shape index (κ3) is 3.34. The normalized spacial score (nSPS) is 11.1. The van der Waals surface area contributed by atoms with E-state index in [0.717, 1.165) is 31.1 Å². The molecule has 108 valence electrons. The summed E-state index contributed by atoms with van der Waals surface area (Å²) < 4.78 is 1.80. The molecule has 0 spiro atoms. The number of benzene rings is 1. The molecule has 0 N–H and O–H groups in total. The maximum atomic E-state index is 4.17. The summed E-state index contributed by atoms with van der Waals surface area (Å²) in [4.78, 5) is 3.69. The summed E-state index contributed by atoms with van der Waals surface area (Å²) in [7, 11) is 0. The minimum atomic E-state index is 0.732. The predicted molar refractivity (Wildman–Crippen MR) is 83.3 cm³/mol. The van der Waals surface area contributed by atoms with Gasteiger partial charge in [0.25, 0.3) is 0 Å². The molecule has 5 nitrogen and oxygen atoms in total. The largest absolute Gasteiger partial charge is 0.291 e. The lowest BCUT2D eigenvalue weighted by Crippen LogP contribution is -2.24. The van der Waals surface area contributed by atoms with Crippen molar-refractivity contribution in [2.75, 3.05) is 6.54 Å². The first-order valence-electron chi connectivity index (χ1n) is 6.94. The van der Waals surface area contributed by atoms with Crippen molar-refractivity contribution in [3.8, 4) is 5.69 Å². The Bertz CT molecular complexity index is 662. The molecule has 3 rings (SSSR count). The van der Waals surface area contributed by atoms with Crippen molar-refractivity contribution in [3.63, 3.8) is 0 Å². The fourth-order valence-corrected chi connectivity index (χ4v) is 2.92. The van der Waals surface area contributed by atoms with Gasteiger partial charge < -0.3 is 0 Å². The highest BCUT2D eigenvalue weighted by Crippen LogP contribution is 2.14. The minimum Gasteiger partial charge on any atom is -0.291 e. The van der Waals surface area contributed by atoms with Gasteiger partial charge in [-0.25, -0.2) is 0 Å². The summed E-state index contributed by atoms with van der Waals surface area (Å²) in [5.41, 5.74) is 0.990. The number of rotatable bonds is 6. The lowest BCUT2D eigenvalue weighted by molar-refractivity contribution is 0.264. The van der Waals surface area contributed by atoms with Gasteiger partial charge in [-0.3, -0.25) is 4.90 Å². The molecule has 0 radical (unpaired) electrons. The van der Waals surface area contributed by atoms with Crippen LogP contribution in [-0.2, 0) is 13.1 Å². The summed E-state index contributed by atoms with van der Waals surface area (Å²) >= 11 is 1.78. The van der Waals surface area contributed by atoms with E-state index in [0.29, 0.717) is 0 Å². The second kappa shape index (κ2) is 6.60. The quantitative estimate of drug-likeness (QED) is 0.702. The third-order valence-corrected chi connectivity index (χ3v) is 4.17. The van der Waals surface area contributed by atoms with E-state index in [1.54, 1.807) is 16.0 Å². The highest BCUT2D eigenvalue weighted by atomic mass is 32.1. The Morgan fingerprint density at radius 3 is 2.67 bits per heavy atom. The fourth-order valence-electron chi connectivity index (χ4n) is 2.18. The molecule has 2 heterocycles. The molecule has 0 fully saturated rings. The second-order valence-electron chi connectivity index (χ2n) is 4.73. The van der Waals surface area contributed by atoms with E-state index >= 15 is 0 Å². The summed E-state index contributed by atoms with van der Waals surface area (Å²) in [6.07, 6.45) is 0. The summed E-state index contributed by atoms with van der Waals surface area (Å²) in [6, 6.07) is 14.2. The van der Waals surface area contributed by atoms with Crippen LogP contribution in [0.3, 0.4) is 0 Å². The van der Waals surface area contributed by atoms with Gasteiger partial charge in [-0.2, -0.15) is 4.68 Å². The van der Waals surface area contributed by atoms with E-state index in [1.807, 2.05) is 30.3 Å². The van der Waals surface area contributed by atoms with Gasteiger partial charge >= 0.3 is 0 Å². The Hall–Kier alpha value is -2.05. The van der Waals surface area contributed by atoms with Gasteiger partial charge in [-0.15, -0.1) is 16.4 Å². The smallest absolute Gasteiger partial charge is 0.170 e. The zero-order valence-electron chi connectivity index (χ0n) is 11.9. The number of para-hydroxylation sites is 1. The Balaban J connectivity index is 1.77. The molecule has 21 heavy (non-hydrogen) atoms. The summed E-state index contributed by atoms with van der Waals surface area (Å²) in [5.74, 6) is 0.861. The number of hydrogen-bond donors (Lipinski definition) is 0. The number of aromatic nitrogens is 4. The van der Waals surface area contributed by atoms with Crippen molar-refractivity contribution < 1.29 is 0 Å². The average Bonchev–Trinajstić information content (AvgIpc) is 3.19. The van der Waals surface area contributed by atoms with Crippen LogP contribution in [0.25, 0.3) is 5.69 Å². The lowest BCUT2D eigenvalue weighted by atomic mass is 10.3. The zero-order valence-corrected chi connectivity index (χ0v) is 12.7. The topological polar surface area (TPSA) is 46.8 Å². The van der Waals surface area contributed by atoms with Crippen molar-refractivity contribution in [2.24, 2.45) is 0 Å². The molecule has 2 aromatic heterocycles. The maximum Gasteiger partial charge on any atom is 0.170 e. The van der Waals surface area contributed by atoms with Gasteiger partial charge in [0.05, 0.1) is 12.2 Å². The van der Waals surface area contributed by atoms with E-state index in [1.165, 1.54) is 4.88 Å². The highest BCUT2D eigenvalue weighted by molar-refractivity contribution is 7.09. The monoisotopic (exact) mass is 299 g/mol. The van der Waals surface area contributed by atoms with Crippen molar-refractivity contribution in [2.45, 2.75) is 20.0 Å². The van der Waals surface area contributed by atoms with Crippen LogP contribution in [0.2, 0.25) is 0 Å². The van der Waals surface area contributed by atoms with Crippen LogP contribution in [-0.4, -0.2) is 31.7 Å². The van der Waals surface area contributed by atoms with Crippen molar-refractivity contribution >= 4 is 11.3 Å². The molecule has 0 saturated carbocycles. The molecule has 3 aromatic rings. The van der Waals surface area contributed by atoms with Crippen LogP contribution >= 0.6 is 11.3 Å². The first-order valence-corrected chi connectivity index (χ1v) is 7.82. The van der Waals surface area contributed by atoms with E-state index in [2.05, 4.69) is 44.9 Å². The van der Waals surface area contributed by atoms with Crippen LogP contribution in [0.15, 0.2) is 47.8 Å². The molecule has 6 heteroatoms. The molecule has 1 aromatic carbocycles. The number of nitrogens with zero attached hydrogens (tertiary/aromatic N) is 5. The van der Waals surface area contributed by atoms with Crippen LogP contribution in [0, 0.1) is 0 Å². The fraction of sp³-hybridized carbons (Fsp3) is 0.267. The highest BCUT2D eigenvalue weighted by Gasteiger charge is 2.13. The van der Waals surface area contributed by atoms with Gasteiger partial charge in [-0.1, -0.05) is 31.2 Å². The molecule has 0 unspecified atom stereocenters. The third-order valence-electron chi connectivity index (χ3n) is 3.31. The maximum absolute atomic E-state index is 4.17. The molecule has 0 aliphatic rings. The molecule has 0 bridgehead atoms. The first kappa shape index (κ1) is 13.9. The first-order chi connectivity index (χ1) is 10.4. The van der Waals surface area contributed by atoms with Gasteiger partial charge in [0.15, 0.2) is 5.82 Å². The zero-order chi connectivity index (χ0) is 14.5. The standard InChI is InChI=1S/C15H17N5S/c1-2-19(11-14-9-6-10-21-14)12-15-16-17-18-20(15)13-7-4-3-5-8-13/h3-10H,2,11-12H2,1H3. The molecule has 0 amide bonds. The van der Waals surface area contributed by atoms with Gasteiger partial charge in [0, 0.05) is 11.4 Å². The van der Waals surface area contributed by atoms with Gasteiger partial charge in [0.2, 0.25) is 0 Å². The van der Waals surface area contributed by atoms with Crippen LogP contribution < -0.4 is 0 Å². The van der Waals surface area contributed by atoms with Crippen LogP contribution in [0.4, 0.5) is 0 Å². The molecule has 0 aliphatic carbocycles. The molecule has 0 atom stereocenters. The number of thiophene rings is 1. The second-order valence-corrected chi connectivity index (χ2v) is 5.76. The van der Waals surface area contributed by atoms with Crippen LogP contribution in [0.1, 0.15) is 17.6 Å².